The van der Waals surface area contributed by atoms with Gasteiger partial charge < -0.3 is 10.8 Å². The standard InChI is InChI=1S/C22H22FN5OS/c1-30-6-4-13(5-7-30)20-18(12-29)21(24)28-22(27-20)17(11-26-28)15-8-14-9-16(23)2-3-19(14)25-10-15/h2-3,8-11,13,29H,1,4-7,12,24H2. The van der Waals surface area contributed by atoms with Crippen LogP contribution in [0.4, 0.5) is 10.2 Å². The lowest BCUT2D eigenvalue weighted by molar-refractivity contribution is 0.279. The largest absolute Gasteiger partial charge is 0.391 e. The van der Waals surface area contributed by atoms with Crippen LogP contribution < -0.4 is 5.73 Å². The summed E-state index contributed by atoms with van der Waals surface area (Å²) in [6, 6.07) is 6.41. The number of aliphatic hydroxyl groups is 1. The molecule has 8 heteroatoms. The molecule has 1 fully saturated rings. The van der Waals surface area contributed by atoms with Crippen LogP contribution >= 0.6 is 10.5 Å². The zero-order chi connectivity index (χ0) is 20.8. The Kier molecular flexibility index (Phi) is 4.75. The minimum Gasteiger partial charge on any atom is -0.391 e. The highest BCUT2D eigenvalue weighted by atomic mass is 32.2. The van der Waals surface area contributed by atoms with Gasteiger partial charge in [-0.3, -0.25) is 4.98 Å². The molecular formula is C22H22FN5OS. The van der Waals surface area contributed by atoms with Crippen LogP contribution in [-0.4, -0.2) is 42.1 Å². The molecule has 0 spiro atoms. The third kappa shape index (κ3) is 3.16. The van der Waals surface area contributed by atoms with Crippen LogP contribution in [0.3, 0.4) is 0 Å². The number of halogens is 1. The first kappa shape index (κ1) is 19.1. The van der Waals surface area contributed by atoms with Crippen molar-refractivity contribution in [3.63, 3.8) is 0 Å². The third-order valence-electron chi connectivity index (χ3n) is 5.83. The molecule has 0 unspecified atom stereocenters. The molecule has 0 saturated carbocycles. The number of aliphatic hydroxyl groups excluding tert-OH is 1. The highest BCUT2D eigenvalue weighted by molar-refractivity contribution is 8.14. The molecule has 1 aliphatic rings. The molecule has 1 aliphatic heterocycles. The minimum absolute atomic E-state index is 0.178. The number of nitrogens with two attached hydrogens (primary N) is 1. The van der Waals surface area contributed by atoms with Crippen LogP contribution in [0.2, 0.25) is 0 Å². The number of aromatic nitrogens is 4. The Balaban J connectivity index is 1.68. The minimum atomic E-state index is -0.305. The predicted octanol–water partition coefficient (Wildman–Crippen LogP) is 3.74. The van der Waals surface area contributed by atoms with Crippen LogP contribution in [0.1, 0.15) is 30.0 Å². The fraction of sp³-hybridized carbons (Fsp3) is 0.273. The van der Waals surface area contributed by atoms with Gasteiger partial charge in [-0.15, -0.1) is 0 Å². The normalized spacial score (nSPS) is 19.5. The van der Waals surface area contributed by atoms with E-state index in [-0.39, 0.29) is 28.8 Å². The molecule has 0 bridgehead atoms. The molecule has 30 heavy (non-hydrogen) atoms. The summed E-state index contributed by atoms with van der Waals surface area (Å²) >= 11 is 0. The molecule has 0 aliphatic carbocycles. The zero-order valence-corrected chi connectivity index (χ0v) is 17.2. The molecule has 0 radical (unpaired) electrons. The number of rotatable bonds is 3. The zero-order valence-electron chi connectivity index (χ0n) is 16.4. The average Bonchev–Trinajstić information content (AvgIpc) is 3.18. The van der Waals surface area contributed by atoms with E-state index in [1.165, 1.54) is 12.1 Å². The second kappa shape index (κ2) is 7.45. The summed E-state index contributed by atoms with van der Waals surface area (Å²) in [4.78, 5) is 9.38. The van der Waals surface area contributed by atoms with Gasteiger partial charge in [0, 0.05) is 34.2 Å². The molecule has 5 rings (SSSR count). The molecule has 0 atom stereocenters. The summed E-state index contributed by atoms with van der Waals surface area (Å²) in [5.74, 6) is 6.67. The molecule has 0 amide bonds. The van der Waals surface area contributed by atoms with Gasteiger partial charge in [0.1, 0.15) is 11.6 Å². The van der Waals surface area contributed by atoms with Crippen LogP contribution in [0.15, 0.2) is 36.7 Å². The van der Waals surface area contributed by atoms with Crippen molar-refractivity contribution in [2.75, 3.05) is 17.2 Å². The van der Waals surface area contributed by atoms with Gasteiger partial charge in [0.25, 0.3) is 0 Å². The quantitative estimate of drug-likeness (QED) is 0.490. The maximum absolute atomic E-state index is 13.7. The van der Waals surface area contributed by atoms with E-state index in [4.69, 9.17) is 10.7 Å². The van der Waals surface area contributed by atoms with E-state index in [0.717, 1.165) is 46.7 Å². The summed E-state index contributed by atoms with van der Waals surface area (Å²) in [6.45, 7) is -0.178. The monoisotopic (exact) mass is 423 g/mol. The number of anilines is 1. The van der Waals surface area contributed by atoms with Gasteiger partial charge in [-0.2, -0.15) is 20.1 Å². The van der Waals surface area contributed by atoms with Crippen molar-refractivity contribution in [2.45, 2.75) is 25.4 Å². The number of pyridine rings is 1. The first-order valence-electron chi connectivity index (χ1n) is 9.85. The van der Waals surface area contributed by atoms with E-state index < -0.39 is 0 Å². The van der Waals surface area contributed by atoms with Crippen LogP contribution in [0.25, 0.3) is 27.7 Å². The van der Waals surface area contributed by atoms with Crippen molar-refractivity contribution in [3.05, 3.63) is 53.7 Å². The van der Waals surface area contributed by atoms with E-state index in [0.29, 0.717) is 22.4 Å². The molecule has 1 aromatic carbocycles. The number of benzene rings is 1. The van der Waals surface area contributed by atoms with Crippen LogP contribution in [0.5, 0.6) is 0 Å². The fourth-order valence-electron chi connectivity index (χ4n) is 4.16. The Morgan fingerprint density at radius 2 is 2.03 bits per heavy atom. The number of hydrogen-bond acceptors (Lipinski definition) is 5. The van der Waals surface area contributed by atoms with E-state index in [2.05, 4.69) is 16.0 Å². The van der Waals surface area contributed by atoms with E-state index >= 15 is 0 Å². The van der Waals surface area contributed by atoms with Crippen molar-refractivity contribution < 1.29 is 9.50 Å². The predicted molar refractivity (Wildman–Crippen MR) is 120 cm³/mol. The molecular weight excluding hydrogens is 401 g/mol. The average molecular weight is 424 g/mol. The van der Waals surface area contributed by atoms with E-state index in [9.17, 15) is 9.50 Å². The molecule has 4 aromatic rings. The highest BCUT2D eigenvalue weighted by Gasteiger charge is 2.25. The van der Waals surface area contributed by atoms with Crippen molar-refractivity contribution in [1.29, 1.82) is 0 Å². The van der Waals surface area contributed by atoms with Crippen molar-refractivity contribution in [2.24, 2.45) is 0 Å². The molecule has 154 valence electrons. The Labute approximate surface area is 175 Å². The topological polar surface area (TPSA) is 89.3 Å². The Bertz CT molecular complexity index is 1290. The SMILES string of the molecule is C=S1CCC(c2nc3c(-c4cnc5ccc(F)cc5c4)cnn3c(N)c2CO)CC1. The number of fused-ring (bicyclic) bond motifs is 2. The molecule has 3 aromatic heterocycles. The van der Waals surface area contributed by atoms with E-state index in [1.54, 1.807) is 23.0 Å². The Morgan fingerprint density at radius 1 is 1.23 bits per heavy atom. The summed E-state index contributed by atoms with van der Waals surface area (Å²) in [7, 11) is 0.205. The Hall–Kier alpha value is -2.84. The van der Waals surface area contributed by atoms with Gasteiger partial charge in [-0.1, -0.05) is 5.87 Å². The maximum Gasteiger partial charge on any atom is 0.165 e. The summed E-state index contributed by atoms with van der Waals surface area (Å²) in [6.07, 6.45) is 5.41. The van der Waals surface area contributed by atoms with Gasteiger partial charge in [-0.25, -0.2) is 9.37 Å². The molecule has 4 heterocycles. The van der Waals surface area contributed by atoms with Gasteiger partial charge in [-0.05, 0) is 48.6 Å². The van der Waals surface area contributed by atoms with E-state index in [1.807, 2.05) is 6.07 Å². The molecule has 6 nitrogen and oxygen atoms in total. The second-order valence-electron chi connectivity index (χ2n) is 7.67. The van der Waals surface area contributed by atoms with Crippen molar-refractivity contribution >= 4 is 38.7 Å². The third-order valence-corrected chi connectivity index (χ3v) is 7.45. The second-order valence-corrected chi connectivity index (χ2v) is 9.71. The number of nitrogens with zero attached hydrogens (tertiary/aromatic N) is 4. The smallest absolute Gasteiger partial charge is 0.165 e. The lowest BCUT2D eigenvalue weighted by Crippen LogP contribution is -2.17. The molecule has 3 N–H and O–H groups in total. The van der Waals surface area contributed by atoms with Crippen molar-refractivity contribution in [3.8, 4) is 11.1 Å². The number of nitrogen functional groups attached to an aromatic ring is 1. The summed E-state index contributed by atoms with van der Waals surface area (Å²) < 4.78 is 15.3. The van der Waals surface area contributed by atoms with Crippen molar-refractivity contribution in [1.82, 2.24) is 19.6 Å². The number of hydrogen-bond donors (Lipinski definition) is 2. The van der Waals surface area contributed by atoms with Crippen LogP contribution in [-0.2, 0) is 6.61 Å². The van der Waals surface area contributed by atoms with Gasteiger partial charge in [0.15, 0.2) is 5.65 Å². The summed E-state index contributed by atoms with van der Waals surface area (Å²) in [5.41, 5.74) is 10.8. The van der Waals surface area contributed by atoms with Crippen LogP contribution in [0, 0.1) is 5.82 Å². The van der Waals surface area contributed by atoms with Gasteiger partial charge in [0.2, 0.25) is 0 Å². The lowest BCUT2D eigenvalue weighted by atomic mass is 9.94. The lowest BCUT2D eigenvalue weighted by Gasteiger charge is -2.25. The highest BCUT2D eigenvalue weighted by Crippen LogP contribution is 2.37. The Morgan fingerprint density at radius 3 is 2.80 bits per heavy atom. The first-order chi connectivity index (χ1) is 14.5. The van der Waals surface area contributed by atoms with Gasteiger partial charge in [0.05, 0.1) is 24.0 Å². The molecule has 1 saturated heterocycles. The van der Waals surface area contributed by atoms with Gasteiger partial charge >= 0.3 is 0 Å². The first-order valence-corrected chi connectivity index (χ1v) is 11.6. The fourth-order valence-corrected chi connectivity index (χ4v) is 5.60. The maximum atomic E-state index is 13.7. The summed E-state index contributed by atoms with van der Waals surface area (Å²) in [5, 5.41) is 15.1.